The van der Waals surface area contributed by atoms with Crippen molar-refractivity contribution >= 4 is 5.78 Å². The van der Waals surface area contributed by atoms with E-state index in [1.807, 2.05) is 0 Å². The Morgan fingerprint density at radius 3 is 2.39 bits per heavy atom. The van der Waals surface area contributed by atoms with Crippen LogP contribution in [0.15, 0.2) is 0 Å². The summed E-state index contributed by atoms with van der Waals surface area (Å²) in [4.78, 5) is 11.5. The number of aliphatic hydroxyl groups excluding tert-OH is 2. The molecule has 0 radical (unpaired) electrons. The summed E-state index contributed by atoms with van der Waals surface area (Å²) in [6.07, 6.45) is 10.3. The quantitative estimate of drug-likeness (QED) is 0.711. The average molecular weight is 391 g/mol. The summed E-state index contributed by atoms with van der Waals surface area (Å²) in [5.41, 5.74) is 0.637. The van der Waals surface area contributed by atoms with Gasteiger partial charge in [-0.15, -0.1) is 0 Å². The number of ketones is 1. The van der Waals surface area contributed by atoms with E-state index in [9.17, 15) is 15.0 Å². The Hall–Kier alpha value is -0.410. The second-order valence-electron chi connectivity index (χ2n) is 11.7. The van der Waals surface area contributed by atoms with E-state index in [4.69, 9.17) is 0 Å². The minimum atomic E-state index is -0.190. The molecule has 0 saturated heterocycles. The monoisotopic (exact) mass is 390 g/mol. The van der Waals surface area contributed by atoms with Gasteiger partial charge in [0.1, 0.15) is 5.78 Å². The first-order valence-electron chi connectivity index (χ1n) is 12.0. The van der Waals surface area contributed by atoms with Gasteiger partial charge in [-0.3, -0.25) is 0 Å². The molecule has 0 aromatic heterocycles. The first-order valence-corrected chi connectivity index (χ1v) is 12.0. The third kappa shape index (κ3) is 3.20. The molecular weight excluding hydrogens is 348 g/mol. The Bertz CT molecular complexity index is 603. The molecule has 4 aliphatic rings. The predicted octanol–water partition coefficient (Wildman–Crippen LogP) is 4.98. The third-order valence-corrected chi connectivity index (χ3v) is 10.4. The molecule has 0 aromatic rings. The molecule has 3 nitrogen and oxygen atoms in total. The van der Waals surface area contributed by atoms with Gasteiger partial charge >= 0.3 is 0 Å². The number of carbonyl (C=O) groups excluding carboxylic acids is 1. The van der Waals surface area contributed by atoms with Crippen LogP contribution in [0.25, 0.3) is 0 Å². The van der Waals surface area contributed by atoms with E-state index in [1.165, 1.54) is 25.7 Å². The number of fused-ring (bicyclic) bond motifs is 5. The van der Waals surface area contributed by atoms with Crippen LogP contribution in [0.4, 0.5) is 0 Å². The molecule has 160 valence electrons. The lowest BCUT2D eigenvalue weighted by atomic mass is 9.43. The Kier molecular flexibility index (Phi) is 5.49. The average Bonchev–Trinajstić information content (AvgIpc) is 2.98. The molecule has 4 aliphatic carbocycles. The second-order valence-corrected chi connectivity index (χ2v) is 11.7. The molecule has 4 rings (SSSR count). The summed E-state index contributed by atoms with van der Waals surface area (Å²) in [5.74, 6) is 3.81. The van der Waals surface area contributed by atoms with E-state index < -0.39 is 0 Å². The summed E-state index contributed by atoms with van der Waals surface area (Å²) in [5, 5.41) is 21.5. The molecule has 2 N–H and O–H groups in total. The van der Waals surface area contributed by atoms with Crippen LogP contribution >= 0.6 is 0 Å². The van der Waals surface area contributed by atoms with Crippen molar-refractivity contribution < 1.29 is 15.0 Å². The Morgan fingerprint density at radius 2 is 1.68 bits per heavy atom. The van der Waals surface area contributed by atoms with Gasteiger partial charge in [0.05, 0.1) is 12.2 Å². The zero-order valence-corrected chi connectivity index (χ0v) is 18.5. The fourth-order valence-electron chi connectivity index (χ4n) is 8.81. The lowest BCUT2D eigenvalue weighted by Crippen LogP contribution is -2.58. The van der Waals surface area contributed by atoms with E-state index in [1.54, 1.807) is 6.92 Å². The minimum absolute atomic E-state index is 0.159. The first kappa shape index (κ1) is 20.8. The van der Waals surface area contributed by atoms with Crippen molar-refractivity contribution in [3.8, 4) is 0 Å². The van der Waals surface area contributed by atoms with Crippen molar-refractivity contribution in [3.05, 3.63) is 0 Å². The van der Waals surface area contributed by atoms with Crippen molar-refractivity contribution in [1.82, 2.24) is 0 Å². The van der Waals surface area contributed by atoms with Crippen LogP contribution in [-0.4, -0.2) is 28.2 Å². The molecule has 0 aliphatic heterocycles. The van der Waals surface area contributed by atoms with Crippen LogP contribution < -0.4 is 0 Å². The van der Waals surface area contributed by atoms with Gasteiger partial charge < -0.3 is 15.0 Å². The fourth-order valence-corrected chi connectivity index (χ4v) is 8.81. The normalized spacial score (nSPS) is 51.7. The van der Waals surface area contributed by atoms with Crippen molar-refractivity contribution in [2.24, 2.45) is 46.3 Å². The summed E-state index contributed by atoms with van der Waals surface area (Å²) in [7, 11) is 0. The maximum Gasteiger partial charge on any atom is 0.129 e. The Morgan fingerprint density at radius 1 is 1.00 bits per heavy atom. The fraction of sp³-hybridized carbons (Fsp3) is 0.960. The highest BCUT2D eigenvalue weighted by molar-refractivity contribution is 5.75. The van der Waals surface area contributed by atoms with Crippen molar-refractivity contribution in [2.45, 2.75) is 104 Å². The maximum atomic E-state index is 11.5. The summed E-state index contributed by atoms with van der Waals surface area (Å²) in [6, 6.07) is 0. The topological polar surface area (TPSA) is 57.5 Å². The molecule has 0 spiro atoms. The van der Waals surface area contributed by atoms with Crippen LogP contribution in [0.1, 0.15) is 91.9 Å². The van der Waals surface area contributed by atoms with E-state index in [0.29, 0.717) is 52.1 Å². The van der Waals surface area contributed by atoms with Crippen molar-refractivity contribution in [2.75, 3.05) is 0 Å². The van der Waals surface area contributed by atoms with Crippen LogP contribution in [0.2, 0.25) is 0 Å². The zero-order valence-electron chi connectivity index (χ0n) is 18.5. The van der Waals surface area contributed by atoms with E-state index >= 15 is 0 Å². The Balaban J connectivity index is 1.55. The highest BCUT2D eigenvalue weighted by Crippen LogP contribution is 2.68. The molecular formula is C25H42O3. The summed E-state index contributed by atoms with van der Waals surface area (Å²) < 4.78 is 0. The predicted molar refractivity (Wildman–Crippen MR) is 112 cm³/mol. The number of hydrogen-bond donors (Lipinski definition) is 2. The standard InChI is InChI=1S/C25H42O3/c1-15(5-6-16(2)26)19-7-8-20-23-21(10-12-25(19,20)4)24(3)11-9-18(27)13-17(24)14-22(23)28/h15,17-23,27-28H,5-14H2,1-4H3/t15?,17-,18+,19?,20-,21-,22+,23-,24-,25+/m0/s1. The largest absolute Gasteiger partial charge is 0.393 e. The van der Waals surface area contributed by atoms with E-state index in [0.717, 1.165) is 38.5 Å². The first-order chi connectivity index (χ1) is 13.2. The van der Waals surface area contributed by atoms with Gasteiger partial charge in [-0.1, -0.05) is 20.8 Å². The lowest BCUT2D eigenvalue weighted by molar-refractivity contribution is -0.174. The SMILES string of the molecule is CC(=O)CCC(C)C1CC[C@H]2[C@@H]3[C@H](O)C[C@@H]4C[C@H](O)CC[C@]4(C)[C@H]3CC[C@]12C. The van der Waals surface area contributed by atoms with Crippen molar-refractivity contribution in [3.63, 3.8) is 0 Å². The highest BCUT2D eigenvalue weighted by atomic mass is 16.3. The van der Waals surface area contributed by atoms with E-state index in [2.05, 4.69) is 20.8 Å². The number of Topliss-reactive ketones (excluding diaryl/α,β-unsaturated/α-hetero) is 1. The van der Waals surface area contributed by atoms with Gasteiger partial charge in [0.15, 0.2) is 0 Å². The second kappa shape index (κ2) is 7.38. The van der Waals surface area contributed by atoms with E-state index in [-0.39, 0.29) is 12.2 Å². The third-order valence-electron chi connectivity index (χ3n) is 10.4. The number of carbonyl (C=O) groups is 1. The molecule has 3 heteroatoms. The molecule has 0 amide bonds. The number of rotatable bonds is 4. The zero-order chi connectivity index (χ0) is 20.3. The minimum Gasteiger partial charge on any atom is -0.393 e. The molecule has 28 heavy (non-hydrogen) atoms. The van der Waals surface area contributed by atoms with Gasteiger partial charge in [0.2, 0.25) is 0 Å². The molecule has 2 unspecified atom stereocenters. The molecule has 10 atom stereocenters. The molecule has 0 aromatic carbocycles. The van der Waals surface area contributed by atoms with Crippen LogP contribution in [0.3, 0.4) is 0 Å². The van der Waals surface area contributed by atoms with Crippen LogP contribution in [0, 0.1) is 46.3 Å². The number of hydrogen-bond acceptors (Lipinski definition) is 3. The maximum absolute atomic E-state index is 11.5. The highest BCUT2D eigenvalue weighted by Gasteiger charge is 2.62. The summed E-state index contributed by atoms with van der Waals surface area (Å²) >= 11 is 0. The van der Waals surface area contributed by atoms with Crippen LogP contribution in [-0.2, 0) is 4.79 Å². The number of aliphatic hydroxyl groups is 2. The van der Waals surface area contributed by atoms with Crippen molar-refractivity contribution in [1.29, 1.82) is 0 Å². The smallest absolute Gasteiger partial charge is 0.129 e. The lowest BCUT2D eigenvalue weighted by Gasteiger charge is -2.62. The van der Waals surface area contributed by atoms with Gasteiger partial charge in [-0.25, -0.2) is 0 Å². The van der Waals surface area contributed by atoms with Gasteiger partial charge in [-0.2, -0.15) is 0 Å². The molecule has 0 heterocycles. The van der Waals surface area contributed by atoms with Crippen LogP contribution in [0.5, 0.6) is 0 Å². The Labute approximate surface area is 171 Å². The van der Waals surface area contributed by atoms with Gasteiger partial charge in [-0.05, 0) is 111 Å². The molecule has 4 fully saturated rings. The van der Waals surface area contributed by atoms with Gasteiger partial charge in [0.25, 0.3) is 0 Å². The molecule has 0 bridgehead atoms. The van der Waals surface area contributed by atoms with Gasteiger partial charge in [0, 0.05) is 6.42 Å². The molecule has 4 saturated carbocycles. The summed E-state index contributed by atoms with van der Waals surface area (Å²) in [6.45, 7) is 9.08.